The lowest BCUT2D eigenvalue weighted by molar-refractivity contribution is -0.137. The molecule has 3 N–H and O–H groups in total. The topological polar surface area (TPSA) is 81.8 Å². The molecule has 0 saturated carbocycles. The number of ether oxygens (including phenoxy) is 2. The molecule has 0 aliphatic rings. The standard InChI is InChI=1S/C9H13NO2.C8H16O2.C2H6/c1-11-8-4-3-7(6-10)5-9(8)12-2;1-8(2,3)6-4-5-7(9)10;1-2/h3-5H,6,10H2,1-2H3;4-6H2,1-3H3,(H,9,10);1-2H3. The van der Waals surface area contributed by atoms with Crippen molar-refractivity contribution in [3.63, 3.8) is 0 Å². The second-order valence-electron chi connectivity index (χ2n) is 6.20. The number of rotatable bonds is 6. The van der Waals surface area contributed by atoms with Gasteiger partial charge >= 0.3 is 5.97 Å². The Balaban J connectivity index is 0. The average molecular weight is 341 g/mol. The first-order chi connectivity index (χ1) is 11.2. The van der Waals surface area contributed by atoms with Crippen LogP contribution in [0.2, 0.25) is 0 Å². The maximum atomic E-state index is 10.1. The maximum Gasteiger partial charge on any atom is 0.303 e. The normalized spacial score (nSPS) is 9.83. The summed E-state index contributed by atoms with van der Waals surface area (Å²) in [5.74, 6) is 0.763. The van der Waals surface area contributed by atoms with Crippen LogP contribution in [0.4, 0.5) is 0 Å². The van der Waals surface area contributed by atoms with E-state index in [1.807, 2.05) is 32.0 Å². The molecule has 0 aliphatic carbocycles. The van der Waals surface area contributed by atoms with Crippen molar-refractivity contribution in [2.75, 3.05) is 14.2 Å². The molecule has 0 heterocycles. The molecule has 0 bridgehead atoms. The van der Waals surface area contributed by atoms with Gasteiger partial charge in [-0.05, 0) is 36.0 Å². The third-order valence-electron chi connectivity index (χ3n) is 3.00. The van der Waals surface area contributed by atoms with E-state index in [1.165, 1.54) is 0 Å². The number of methoxy groups -OCH3 is 2. The summed E-state index contributed by atoms with van der Waals surface area (Å²) in [6.45, 7) is 10.9. The summed E-state index contributed by atoms with van der Waals surface area (Å²) in [6, 6.07) is 5.64. The van der Waals surface area contributed by atoms with Crippen molar-refractivity contribution in [2.45, 2.75) is 60.4 Å². The lowest BCUT2D eigenvalue weighted by atomic mass is 9.90. The zero-order chi connectivity index (χ0) is 19.2. The minimum Gasteiger partial charge on any atom is -0.493 e. The van der Waals surface area contributed by atoms with E-state index in [4.69, 9.17) is 20.3 Å². The second kappa shape index (κ2) is 13.7. The molecule has 0 atom stereocenters. The number of hydrogen-bond acceptors (Lipinski definition) is 4. The SMILES string of the molecule is CC.CC(C)(C)CCCC(=O)O.COc1ccc(CN)cc1OC. The van der Waals surface area contributed by atoms with Crippen LogP contribution in [0, 0.1) is 5.41 Å². The lowest BCUT2D eigenvalue weighted by Gasteiger charge is -2.16. The molecule has 0 aliphatic heterocycles. The molecule has 0 spiro atoms. The number of carboxylic acids is 1. The molecule has 0 unspecified atom stereocenters. The summed E-state index contributed by atoms with van der Waals surface area (Å²) in [4.78, 5) is 10.1. The first kappa shape index (κ1) is 24.5. The average Bonchev–Trinajstić information content (AvgIpc) is 2.55. The van der Waals surface area contributed by atoms with Crippen LogP contribution in [-0.2, 0) is 11.3 Å². The predicted molar refractivity (Wildman–Crippen MR) is 99.7 cm³/mol. The fourth-order valence-electron chi connectivity index (χ4n) is 1.78. The van der Waals surface area contributed by atoms with Gasteiger partial charge in [0, 0.05) is 13.0 Å². The van der Waals surface area contributed by atoms with Gasteiger partial charge in [-0.3, -0.25) is 4.79 Å². The molecular weight excluding hydrogens is 306 g/mol. The van der Waals surface area contributed by atoms with Crippen LogP contribution >= 0.6 is 0 Å². The van der Waals surface area contributed by atoms with Gasteiger partial charge < -0.3 is 20.3 Å². The van der Waals surface area contributed by atoms with Gasteiger partial charge in [-0.15, -0.1) is 0 Å². The van der Waals surface area contributed by atoms with Gasteiger partial charge in [-0.1, -0.05) is 40.7 Å². The van der Waals surface area contributed by atoms with E-state index in [-0.39, 0.29) is 5.41 Å². The van der Waals surface area contributed by atoms with Crippen LogP contribution in [-0.4, -0.2) is 25.3 Å². The Morgan fingerprint density at radius 2 is 1.67 bits per heavy atom. The van der Waals surface area contributed by atoms with E-state index in [2.05, 4.69) is 20.8 Å². The molecule has 24 heavy (non-hydrogen) atoms. The summed E-state index contributed by atoms with van der Waals surface area (Å²) in [5, 5.41) is 8.31. The van der Waals surface area contributed by atoms with Gasteiger partial charge in [0.05, 0.1) is 14.2 Å². The van der Waals surface area contributed by atoms with Gasteiger partial charge in [0.15, 0.2) is 11.5 Å². The molecule has 0 radical (unpaired) electrons. The zero-order valence-corrected chi connectivity index (χ0v) is 16.3. The van der Waals surface area contributed by atoms with Crippen molar-refractivity contribution >= 4 is 5.97 Å². The molecule has 140 valence electrons. The molecular formula is C19H35NO4. The largest absolute Gasteiger partial charge is 0.493 e. The van der Waals surface area contributed by atoms with E-state index in [0.717, 1.165) is 29.9 Å². The number of carboxylic acid groups (broad SMARTS) is 1. The Bertz CT molecular complexity index is 453. The fourth-order valence-corrected chi connectivity index (χ4v) is 1.78. The molecule has 5 nitrogen and oxygen atoms in total. The Kier molecular flexibility index (Phi) is 14.0. The number of carbonyl (C=O) groups is 1. The van der Waals surface area contributed by atoms with Crippen LogP contribution in [0.5, 0.6) is 11.5 Å². The van der Waals surface area contributed by atoms with Gasteiger partial charge in [0.25, 0.3) is 0 Å². The first-order valence-electron chi connectivity index (χ1n) is 8.36. The van der Waals surface area contributed by atoms with E-state index in [0.29, 0.717) is 13.0 Å². The highest BCUT2D eigenvalue weighted by Gasteiger charge is 2.10. The highest BCUT2D eigenvalue weighted by Crippen LogP contribution is 2.27. The molecule has 5 heteroatoms. The van der Waals surface area contributed by atoms with Crippen molar-refractivity contribution in [3.05, 3.63) is 23.8 Å². The first-order valence-corrected chi connectivity index (χ1v) is 8.36. The lowest BCUT2D eigenvalue weighted by Crippen LogP contribution is -2.05. The summed E-state index contributed by atoms with van der Waals surface area (Å²) >= 11 is 0. The van der Waals surface area contributed by atoms with Gasteiger partial charge in [0.1, 0.15) is 0 Å². The third-order valence-corrected chi connectivity index (χ3v) is 3.00. The Morgan fingerprint density at radius 3 is 2.04 bits per heavy atom. The molecule has 0 saturated heterocycles. The highest BCUT2D eigenvalue weighted by molar-refractivity contribution is 5.66. The summed E-state index contributed by atoms with van der Waals surface area (Å²) in [6.07, 6.45) is 2.08. The summed E-state index contributed by atoms with van der Waals surface area (Å²) < 4.78 is 10.2. The maximum absolute atomic E-state index is 10.1. The fraction of sp³-hybridized carbons (Fsp3) is 0.632. The van der Waals surface area contributed by atoms with E-state index in [9.17, 15) is 4.79 Å². The molecule has 1 aromatic rings. The van der Waals surface area contributed by atoms with Crippen molar-refractivity contribution in [1.82, 2.24) is 0 Å². The Labute approximate surface area is 147 Å². The number of benzene rings is 1. The number of nitrogens with two attached hydrogens (primary N) is 1. The van der Waals surface area contributed by atoms with E-state index < -0.39 is 5.97 Å². The van der Waals surface area contributed by atoms with Crippen LogP contribution in [0.15, 0.2) is 18.2 Å². The Morgan fingerprint density at radius 1 is 1.12 bits per heavy atom. The van der Waals surface area contributed by atoms with Crippen LogP contribution in [0.3, 0.4) is 0 Å². The van der Waals surface area contributed by atoms with Gasteiger partial charge in [-0.2, -0.15) is 0 Å². The van der Waals surface area contributed by atoms with Crippen molar-refractivity contribution < 1.29 is 19.4 Å². The monoisotopic (exact) mass is 341 g/mol. The summed E-state index contributed by atoms with van der Waals surface area (Å²) in [7, 11) is 3.22. The molecule has 1 rings (SSSR count). The quantitative estimate of drug-likeness (QED) is 0.797. The van der Waals surface area contributed by atoms with Crippen molar-refractivity contribution in [3.8, 4) is 11.5 Å². The number of aliphatic carboxylic acids is 1. The number of hydrogen-bond donors (Lipinski definition) is 2. The third kappa shape index (κ3) is 12.8. The predicted octanol–water partition coefficient (Wildman–Crippen LogP) is 4.48. The minimum atomic E-state index is -0.691. The van der Waals surface area contributed by atoms with Crippen LogP contribution in [0.1, 0.15) is 59.4 Å². The van der Waals surface area contributed by atoms with Crippen molar-refractivity contribution in [1.29, 1.82) is 0 Å². The van der Waals surface area contributed by atoms with Crippen LogP contribution < -0.4 is 15.2 Å². The Hall–Kier alpha value is -1.75. The summed E-state index contributed by atoms with van der Waals surface area (Å²) in [5.41, 5.74) is 6.78. The molecule has 0 fully saturated rings. The van der Waals surface area contributed by atoms with E-state index in [1.54, 1.807) is 14.2 Å². The van der Waals surface area contributed by atoms with E-state index >= 15 is 0 Å². The highest BCUT2D eigenvalue weighted by atomic mass is 16.5. The zero-order valence-electron chi connectivity index (χ0n) is 16.3. The van der Waals surface area contributed by atoms with Crippen molar-refractivity contribution in [2.24, 2.45) is 11.1 Å². The minimum absolute atomic E-state index is 0.273. The second-order valence-corrected chi connectivity index (χ2v) is 6.20. The molecule has 0 aromatic heterocycles. The van der Waals surface area contributed by atoms with Gasteiger partial charge in [-0.25, -0.2) is 0 Å². The molecule has 0 amide bonds. The molecule has 1 aromatic carbocycles. The van der Waals surface area contributed by atoms with Crippen LogP contribution in [0.25, 0.3) is 0 Å². The van der Waals surface area contributed by atoms with Gasteiger partial charge in [0.2, 0.25) is 0 Å². The smallest absolute Gasteiger partial charge is 0.303 e.